The molecule has 8 nitrogen and oxygen atoms in total. The van der Waals surface area contributed by atoms with Crippen LogP contribution in [0.15, 0.2) is 42.5 Å². The molecule has 1 atom stereocenters. The zero-order valence-electron chi connectivity index (χ0n) is 21.0. The lowest BCUT2D eigenvalue weighted by Gasteiger charge is -2.32. The second-order valence-electron chi connectivity index (χ2n) is 8.64. The first kappa shape index (κ1) is 30.2. The topological polar surface area (TPSA) is 96.0 Å². The van der Waals surface area contributed by atoms with Crippen LogP contribution < -0.4 is 14.4 Å². The standard InChI is InChI=1S/C24H29ClF3N3O5S/c1-15(2)29-23(33)16(3)30(13-17-6-9-19(36-4)10-7-17)22(32)14-31(37(5,34)35)21-12-18(24(26,27)28)8-11-20(21)25/h6-12,15-16H,13-14H2,1-5H3,(H,29,33)/t16-/m0/s1. The summed E-state index contributed by atoms with van der Waals surface area (Å²) in [7, 11) is -2.77. The molecule has 2 rings (SSSR count). The van der Waals surface area contributed by atoms with Crippen molar-refractivity contribution in [3.63, 3.8) is 0 Å². The van der Waals surface area contributed by atoms with Gasteiger partial charge in [-0.1, -0.05) is 23.7 Å². The molecule has 0 aliphatic carbocycles. The van der Waals surface area contributed by atoms with Gasteiger partial charge in [-0.25, -0.2) is 8.42 Å². The van der Waals surface area contributed by atoms with Crippen molar-refractivity contribution in [2.24, 2.45) is 0 Å². The van der Waals surface area contributed by atoms with Crippen molar-refractivity contribution in [3.8, 4) is 5.75 Å². The molecule has 13 heteroatoms. The van der Waals surface area contributed by atoms with Gasteiger partial charge in [0.1, 0.15) is 18.3 Å². The zero-order chi connectivity index (χ0) is 28.1. The van der Waals surface area contributed by atoms with E-state index in [4.69, 9.17) is 16.3 Å². The third-order valence-electron chi connectivity index (χ3n) is 5.33. The summed E-state index contributed by atoms with van der Waals surface area (Å²) >= 11 is 6.06. The molecule has 0 saturated heterocycles. The molecule has 0 aliphatic rings. The summed E-state index contributed by atoms with van der Waals surface area (Å²) in [5.74, 6) is -0.740. The van der Waals surface area contributed by atoms with Gasteiger partial charge in [0.25, 0.3) is 0 Å². The number of rotatable bonds is 10. The molecule has 1 N–H and O–H groups in total. The molecule has 0 fully saturated rings. The molecular weight excluding hydrogens is 535 g/mol. The van der Waals surface area contributed by atoms with Crippen molar-refractivity contribution in [3.05, 3.63) is 58.6 Å². The fourth-order valence-corrected chi connectivity index (χ4v) is 4.51. The van der Waals surface area contributed by atoms with Crippen LogP contribution in [0.4, 0.5) is 18.9 Å². The molecule has 0 saturated carbocycles. The average molecular weight is 564 g/mol. The number of hydrogen-bond acceptors (Lipinski definition) is 5. The second-order valence-corrected chi connectivity index (χ2v) is 11.0. The maximum Gasteiger partial charge on any atom is 0.416 e. The van der Waals surface area contributed by atoms with Crippen molar-refractivity contribution < 1.29 is 35.9 Å². The quantitative estimate of drug-likeness (QED) is 0.470. The van der Waals surface area contributed by atoms with Crippen LogP contribution in [0.5, 0.6) is 5.75 Å². The van der Waals surface area contributed by atoms with Gasteiger partial charge in [-0.3, -0.25) is 13.9 Å². The summed E-state index contributed by atoms with van der Waals surface area (Å²) in [4.78, 5) is 27.4. The number of ether oxygens (including phenoxy) is 1. The van der Waals surface area contributed by atoms with E-state index < -0.39 is 51.9 Å². The minimum absolute atomic E-state index is 0.0799. The molecular formula is C24H29ClF3N3O5S. The predicted molar refractivity (Wildman–Crippen MR) is 135 cm³/mol. The highest BCUT2D eigenvalue weighted by atomic mass is 35.5. The van der Waals surface area contributed by atoms with Crippen LogP contribution in [0.3, 0.4) is 0 Å². The maximum absolute atomic E-state index is 13.5. The summed E-state index contributed by atoms with van der Waals surface area (Å²) in [5.41, 5.74) is -1.02. The maximum atomic E-state index is 13.5. The van der Waals surface area contributed by atoms with Gasteiger partial charge in [0.15, 0.2) is 0 Å². The zero-order valence-corrected chi connectivity index (χ0v) is 22.5. The third kappa shape index (κ3) is 8.26. The van der Waals surface area contributed by atoms with Gasteiger partial charge in [0, 0.05) is 12.6 Å². The van der Waals surface area contributed by atoms with Crippen LogP contribution in [0, 0.1) is 0 Å². The largest absolute Gasteiger partial charge is 0.497 e. The molecule has 0 radical (unpaired) electrons. The van der Waals surface area contributed by atoms with Gasteiger partial charge >= 0.3 is 6.18 Å². The van der Waals surface area contributed by atoms with E-state index in [0.29, 0.717) is 27.8 Å². The first-order chi connectivity index (χ1) is 17.0. The molecule has 2 aromatic rings. The lowest BCUT2D eigenvalue weighted by molar-refractivity contribution is -0.139. The van der Waals surface area contributed by atoms with Crippen LogP contribution in [0.1, 0.15) is 31.9 Å². The van der Waals surface area contributed by atoms with Gasteiger partial charge < -0.3 is 15.0 Å². The number of carbonyl (C=O) groups is 2. The number of nitrogens with one attached hydrogen (secondary N) is 1. The average Bonchev–Trinajstić information content (AvgIpc) is 2.79. The predicted octanol–water partition coefficient (Wildman–Crippen LogP) is 4.08. The molecule has 2 amide bonds. The Morgan fingerprint density at radius 2 is 1.68 bits per heavy atom. The summed E-state index contributed by atoms with van der Waals surface area (Å²) in [6.45, 7) is 3.99. The minimum atomic E-state index is -4.77. The lowest BCUT2D eigenvalue weighted by atomic mass is 10.1. The molecule has 0 spiro atoms. The Balaban J connectivity index is 2.49. The number of hydrogen-bond donors (Lipinski definition) is 1. The Labute approximate surface area is 219 Å². The van der Waals surface area contributed by atoms with Gasteiger partial charge in [0.2, 0.25) is 21.8 Å². The fraction of sp³-hybridized carbons (Fsp3) is 0.417. The van der Waals surface area contributed by atoms with Gasteiger partial charge in [-0.05, 0) is 56.7 Å². The van der Waals surface area contributed by atoms with Gasteiger partial charge in [-0.15, -0.1) is 0 Å². The number of amides is 2. The molecule has 0 bridgehead atoms. The first-order valence-electron chi connectivity index (χ1n) is 11.1. The van der Waals surface area contributed by atoms with Crippen molar-refractivity contribution in [1.29, 1.82) is 0 Å². The molecule has 0 aliphatic heterocycles. The van der Waals surface area contributed by atoms with Gasteiger partial charge in [-0.2, -0.15) is 13.2 Å². The highest BCUT2D eigenvalue weighted by Crippen LogP contribution is 2.36. The Morgan fingerprint density at radius 3 is 2.16 bits per heavy atom. The Morgan fingerprint density at radius 1 is 1.08 bits per heavy atom. The van der Waals surface area contributed by atoms with Crippen LogP contribution >= 0.6 is 11.6 Å². The van der Waals surface area contributed by atoms with Crippen molar-refractivity contribution in [1.82, 2.24) is 10.2 Å². The number of alkyl halides is 3. The first-order valence-corrected chi connectivity index (χ1v) is 13.3. The van der Waals surface area contributed by atoms with Crippen molar-refractivity contribution in [2.75, 3.05) is 24.2 Å². The SMILES string of the molecule is COc1ccc(CN(C(=O)CN(c2cc(C(F)(F)F)ccc2Cl)S(C)(=O)=O)[C@@H](C)C(=O)NC(C)C)cc1. The monoisotopic (exact) mass is 563 g/mol. The Bertz CT molecular complexity index is 1220. The van der Waals surface area contributed by atoms with E-state index in [9.17, 15) is 31.2 Å². The molecule has 0 unspecified atom stereocenters. The molecule has 204 valence electrons. The number of carbonyl (C=O) groups excluding carboxylic acids is 2. The number of sulfonamides is 1. The van der Waals surface area contributed by atoms with Crippen molar-refractivity contribution >= 4 is 39.1 Å². The van der Waals surface area contributed by atoms with E-state index in [1.54, 1.807) is 38.1 Å². The van der Waals surface area contributed by atoms with Crippen molar-refractivity contribution in [2.45, 2.75) is 45.6 Å². The number of nitrogens with zero attached hydrogens (tertiary/aromatic N) is 2. The smallest absolute Gasteiger partial charge is 0.416 e. The van der Waals surface area contributed by atoms with Crippen LogP contribution in [0.2, 0.25) is 5.02 Å². The summed E-state index contributed by atoms with van der Waals surface area (Å²) in [6.07, 6.45) is -4.02. The Kier molecular flexibility index (Phi) is 9.84. The highest BCUT2D eigenvalue weighted by Gasteiger charge is 2.34. The molecule has 0 heterocycles. The lowest BCUT2D eigenvalue weighted by Crippen LogP contribution is -2.52. The number of anilines is 1. The van der Waals surface area contributed by atoms with E-state index in [2.05, 4.69) is 5.32 Å². The third-order valence-corrected chi connectivity index (χ3v) is 6.78. The van der Waals surface area contributed by atoms with Crippen LogP contribution in [-0.2, 0) is 32.3 Å². The van der Waals surface area contributed by atoms with Crippen LogP contribution in [-0.4, -0.2) is 57.1 Å². The molecule has 2 aromatic carbocycles. The molecule has 37 heavy (non-hydrogen) atoms. The van der Waals surface area contributed by atoms with Gasteiger partial charge in [0.05, 0.1) is 29.6 Å². The highest BCUT2D eigenvalue weighted by molar-refractivity contribution is 7.92. The summed E-state index contributed by atoms with van der Waals surface area (Å²) in [5, 5.41) is 2.41. The summed E-state index contributed by atoms with van der Waals surface area (Å²) < 4.78 is 70.7. The number of methoxy groups -OCH3 is 1. The second kappa shape index (κ2) is 12.0. The van der Waals surface area contributed by atoms with E-state index in [-0.39, 0.29) is 17.6 Å². The van der Waals surface area contributed by atoms with E-state index in [1.807, 2.05) is 0 Å². The fourth-order valence-electron chi connectivity index (χ4n) is 3.39. The summed E-state index contributed by atoms with van der Waals surface area (Å²) in [6, 6.07) is 7.58. The minimum Gasteiger partial charge on any atom is -0.497 e. The van der Waals surface area contributed by atoms with Crippen LogP contribution in [0.25, 0.3) is 0 Å². The van der Waals surface area contributed by atoms with E-state index in [0.717, 1.165) is 17.2 Å². The molecule has 0 aromatic heterocycles. The van der Waals surface area contributed by atoms with E-state index in [1.165, 1.54) is 14.0 Å². The Hall–Kier alpha value is -2.99. The number of halogens is 4. The number of benzene rings is 2. The normalized spacial score (nSPS) is 12.7. The van der Waals surface area contributed by atoms with E-state index >= 15 is 0 Å².